The highest BCUT2D eigenvalue weighted by molar-refractivity contribution is 6.24. The molecule has 12 rings (SSSR count). The van der Waals surface area contributed by atoms with Crippen molar-refractivity contribution in [1.82, 2.24) is 19.8 Å². The topological polar surface area (TPSA) is 59.4 Å². The molecule has 1 aliphatic rings. The maximum Gasteiger partial charge on any atom is 0.160 e. The summed E-state index contributed by atoms with van der Waals surface area (Å²) in [6.45, 7) is 0. The molecule has 6 heteroatoms. The molecule has 2 unspecified atom stereocenters. The van der Waals surface area contributed by atoms with Gasteiger partial charge < -0.3 is 18.9 Å². The van der Waals surface area contributed by atoms with E-state index in [0.29, 0.717) is 0 Å². The summed E-state index contributed by atoms with van der Waals surface area (Å²) in [4.78, 5) is 5.22. The highest BCUT2D eigenvalue weighted by atomic mass is 16.3. The Morgan fingerprint density at radius 3 is 1.86 bits per heavy atom. The third-order valence-electron chi connectivity index (χ3n) is 11.6. The van der Waals surface area contributed by atoms with Crippen LogP contribution in [0.3, 0.4) is 0 Å². The van der Waals surface area contributed by atoms with E-state index in [4.69, 9.17) is 9.41 Å². The van der Waals surface area contributed by atoms with Crippen molar-refractivity contribution in [2.24, 2.45) is 4.99 Å². The number of nitrogens with zero attached hydrogens (tertiary/aromatic N) is 3. The summed E-state index contributed by atoms with van der Waals surface area (Å²) in [6.07, 6.45) is -0.368. The van der Waals surface area contributed by atoms with Gasteiger partial charge in [0.2, 0.25) is 0 Å². The Morgan fingerprint density at radius 2 is 1.07 bits per heavy atom. The van der Waals surface area contributed by atoms with E-state index in [1.54, 1.807) is 0 Å². The quantitative estimate of drug-likeness (QED) is 0.185. The lowest BCUT2D eigenvalue weighted by atomic mass is 10.1. The molecule has 1 aliphatic heterocycles. The molecular formula is C51H35N5O. The zero-order chi connectivity index (χ0) is 37.5. The molecule has 8 aromatic carbocycles. The van der Waals surface area contributed by atoms with E-state index < -0.39 is 0 Å². The monoisotopic (exact) mass is 733 g/mol. The molecule has 0 fully saturated rings. The Labute approximate surface area is 327 Å². The molecule has 0 bridgehead atoms. The summed E-state index contributed by atoms with van der Waals surface area (Å²) < 4.78 is 11.6. The van der Waals surface area contributed by atoms with Crippen LogP contribution in [0.15, 0.2) is 197 Å². The Hall–Kier alpha value is -7.41. The second-order valence-corrected chi connectivity index (χ2v) is 14.8. The van der Waals surface area contributed by atoms with Crippen molar-refractivity contribution in [2.45, 2.75) is 12.3 Å². The third kappa shape index (κ3) is 4.98. The smallest absolute Gasteiger partial charge is 0.160 e. The van der Waals surface area contributed by atoms with Gasteiger partial charge in [-0.25, -0.2) is 4.99 Å². The van der Waals surface area contributed by atoms with E-state index in [9.17, 15) is 0 Å². The first-order valence-corrected chi connectivity index (χ1v) is 19.4. The maximum atomic E-state index is 6.77. The molecule has 0 radical (unpaired) electrons. The summed E-state index contributed by atoms with van der Waals surface area (Å²) in [5.41, 5.74) is 11.8. The molecule has 57 heavy (non-hydrogen) atoms. The van der Waals surface area contributed by atoms with Crippen LogP contribution >= 0.6 is 0 Å². The molecule has 2 N–H and O–H groups in total. The number of aromatic nitrogens is 2. The van der Waals surface area contributed by atoms with Crippen LogP contribution in [0.25, 0.3) is 76.9 Å². The SMILES string of the molecule is c1ccc(C2=NC(c3ccc(-n4c5cc6c7ccccc7n(-c7ccccc7)c6cc5c5ccc6c7ccccc7oc6c54)cc3)NC(c3ccccc3)N2)cc1. The number of fused-ring (bicyclic) bond motifs is 10. The average Bonchev–Trinajstić information content (AvgIpc) is 3.94. The van der Waals surface area contributed by atoms with Gasteiger partial charge in [-0.05, 0) is 65.7 Å². The van der Waals surface area contributed by atoms with Gasteiger partial charge in [0.1, 0.15) is 23.8 Å². The minimum atomic E-state index is -0.260. The predicted molar refractivity (Wildman–Crippen MR) is 234 cm³/mol. The summed E-state index contributed by atoms with van der Waals surface area (Å²) in [6, 6.07) is 66.7. The van der Waals surface area contributed by atoms with Crippen molar-refractivity contribution in [3.63, 3.8) is 0 Å². The van der Waals surface area contributed by atoms with Crippen molar-refractivity contribution in [1.29, 1.82) is 0 Å². The minimum absolute atomic E-state index is 0.109. The second-order valence-electron chi connectivity index (χ2n) is 14.8. The zero-order valence-electron chi connectivity index (χ0n) is 30.8. The fourth-order valence-corrected chi connectivity index (χ4v) is 8.96. The van der Waals surface area contributed by atoms with E-state index in [1.165, 1.54) is 27.2 Å². The highest BCUT2D eigenvalue weighted by Crippen LogP contribution is 2.43. The molecule has 0 aliphatic carbocycles. The predicted octanol–water partition coefficient (Wildman–Crippen LogP) is 12.1. The van der Waals surface area contributed by atoms with Crippen LogP contribution in [0.5, 0.6) is 0 Å². The van der Waals surface area contributed by atoms with Crippen molar-refractivity contribution in [2.75, 3.05) is 0 Å². The molecule has 270 valence electrons. The van der Waals surface area contributed by atoms with Crippen molar-refractivity contribution in [3.05, 3.63) is 205 Å². The normalized spacial score (nSPS) is 15.9. The molecule has 2 atom stereocenters. The van der Waals surface area contributed by atoms with Crippen molar-refractivity contribution < 1.29 is 4.42 Å². The third-order valence-corrected chi connectivity index (χ3v) is 11.6. The lowest BCUT2D eigenvalue weighted by Crippen LogP contribution is -2.44. The number of amidine groups is 1. The fraction of sp³-hybridized carbons (Fsp3) is 0.0392. The molecular weight excluding hydrogens is 699 g/mol. The van der Waals surface area contributed by atoms with Crippen LogP contribution < -0.4 is 10.6 Å². The first-order chi connectivity index (χ1) is 28.3. The molecule has 4 heterocycles. The number of hydrogen-bond donors (Lipinski definition) is 2. The minimum Gasteiger partial charge on any atom is -0.454 e. The van der Waals surface area contributed by atoms with Gasteiger partial charge in [-0.15, -0.1) is 0 Å². The standard InChI is InChI=1S/C51H35N5O/c1-4-14-32(15-5-1)49-52-50(33-16-6-2-7-17-33)54-51(53-49)34-24-26-36(27-25-34)56-45-30-41-37-20-10-12-22-43(37)55(35-18-8-3-9-19-35)44(41)31-42(45)39-28-29-40-38-21-11-13-23-46(38)57-48(40)47(39)56/h1-31,49,51,53H,(H,52,54). The van der Waals surface area contributed by atoms with Gasteiger partial charge >= 0.3 is 0 Å². The van der Waals surface area contributed by atoms with Crippen LogP contribution in [0.4, 0.5) is 0 Å². The van der Waals surface area contributed by atoms with E-state index in [0.717, 1.165) is 72.3 Å². The molecule has 0 saturated carbocycles. The number of hydrogen-bond acceptors (Lipinski definition) is 4. The number of rotatable bonds is 5. The molecule has 0 spiro atoms. The van der Waals surface area contributed by atoms with E-state index in [-0.39, 0.29) is 12.3 Å². The number of nitrogens with one attached hydrogen (secondary N) is 2. The van der Waals surface area contributed by atoms with E-state index >= 15 is 0 Å². The lowest BCUT2D eigenvalue weighted by Gasteiger charge is -2.32. The van der Waals surface area contributed by atoms with E-state index in [2.05, 4.69) is 196 Å². The average molecular weight is 734 g/mol. The van der Waals surface area contributed by atoms with Gasteiger partial charge in [0.25, 0.3) is 0 Å². The van der Waals surface area contributed by atoms with Gasteiger partial charge in [0.05, 0.1) is 22.1 Å². The Kier molecular flexibility index (Phi) is 7.03. The number of benzene rings is 8. The second kappa shape index (κ2) is 12.6. The zero-order valence-corrected chi connectivity index (χ0v) is 30.8. The maximum absolute atomic E-state index is 6.77. The lowest BCUT2D eigenvalue weighted by molar-refractivity contribution is 0.409. The Bertz CT molecular complexity index is 3340. The van der Waals surface area contributed by atoms with Crippen LogP contribution in [-0.2, 0) is 0 Å². The van der Waals surface area contributed by atoms with E-state index in [1.807, 2.05) is 12.1 Å². The van der Waals surface area contributed by atoms with Gasteiger partial charge in [0.15, 0.2) is 5.58 Å². The summed E-state index contributed by atoms with van der Waals surface area (Å²) in [5.74, 6) is 0.866. The molecule has 3 aromatic heterocycles. The Balaban J connectivity index is 1.08. The van der Waals surface area contributed by atoms with Gasteiger partial charge in [-0.2, -0.15) is 0 Å². The molecule has 11 aromatic rings. The van der Waals surface area contributed by atoms with Crippen LogP contribution in [0, 0.1) is 0 Å². The first-order valence-electron chi connectivity index (χ1n) is 19.4. The van der Waals surface area contributed by atoms with Crippen LogP contribution in [0.2, 0.25) is 0 Å². The molecule has 0 saturated heterocycles. The largest absolute Gasteiger partial charge is 0.454 e. The number of para-hydroxylation sites is 3. The Morgan fingerprint density at radius 1 is 0.456 bits per heavy atom. The summed E-state index contributed by atoms with van der Waals surface area (Å²) in [7, 11) is 0. The van der Waals surface area contributed by atoms with Gasteiger partial charge in [0, 0.05) is 49.3 Å². The van der Waals surface area contributed by atoms with Crippen molar-refractivity contribution >= 4 is 71.4 Å². The highest BCUT2D eigenvalue weighted by Gasteiger charge is 2.26. The first kappa shape index (κ1) is 31.9. The van der Waals surface area contributed by atoms with Crippen LogP contribution in [-0.4, -0.2) is 15.0 Å². The van der Waals surface area contributed by atoms with Crippen LogP contribution in [0.1, 0.15) is 29.0 Å². The summed E-state index contributed by atoms with van der Waals surface area (Å²) >= 11 is 0. The fourth-order valence-electron chi connectivity index (χ4n) is 8.96. The number of aliphatic imine (C=N–C) groups is 1. The molecule has 6 nitrogen and oxygen atoms in total. The van der Waals surface area contributed by atoms with Gasteiger partial charge in [-0.3, -0.25) is 5.32 Å². The molecule has 0 amide bonds. The van der Waals surface area contributed by atoms with Gasteiger partial charge in [-0.1, -0.05) is 133 Å². The summed E-state index contributed by atoms with van der Waals surface area (Å²) in [5, 5.41) is 14.4. The van der Waals surface area contributed by atoms with Crippen molar-refractivity contribution in [3.8, 4) is 11.4 Å². The number of furan rings is 1.